The van der Waals surface area contributed by atoms with Crippen LogP contribution in [-0.2, 0) is 5.75 Å². The Labute approximate surface area is 119 Å². The lowest BCUT2D eigenvalue weighted by Crippen LogP contribution is -2.01. The number of hydrogen-bond donors (Lipinski definition) is 1. The molecule has 0 bridgehead atoms. The lowest BCUT2D eigenvalue weighted by molar-refractivity contribution is 0.344. The summed E-state index contributed by atoms with van der Waals surface area (Å²) >= 11 is 1.89. The number of nitrogens with two attached hydrogens (primary N) is 1. The van der Waals surface area contributed by atoms with E-state index < -0.39 is 0 Å². The van der Waals surface area contributed by atoms with Gasteiger partial charge in [0.2, 0.25) is 0 Å². The highest BCUT2D eigenvalue weighted by molar-refractivity contribution is 7.98. The molecule has 0 radical (unpaired) electrons. The molecule has 2 aromatic carbocycles. The molecule has 0 amide bonds. The van der Waals surface area contributed by atoms with Crippen LogP contribution >= 0.6 is 11.8 Å². The van der Waals surface area contributed by atoms with Crippen molar-refractivity contribution in [2.75, 3.05) is 18.1 Å². The Morgan fingerprint density at radius 3 is 2.74 bits per heavy atom. The fraction of sp³-hybridized carbons (Fsp3) is 0.250. The monoisotopic (exact) mass is 273 g/mol. The van der Waals surface area contributed by atoms with Crippen LogP contribution in [0.3, 0.4) is 0 Å². The highest BCUT2D eigenvalue weighted by Gasteiger charge is 1.98. The maximum atomic E-state index is 5.70. The van der Waals surface area contributed by atoms with Gasteiger partial charge >= 0.3 is 0 Å². The van der Waals surface area contributed by atoms with E-state index in [1.165, 1.54) is 11.1 Å². The molecule has 0 aromatic heterocycles. The first-order chi connectivity index (χ1) is 9.25. The van der Waals surface area contributed by atoms with Gasteiger partial charge < -0.3 is 10.5 Å². The third-order valence-corrected chi connectivity index (χ3v) is 3.84. The van der Waals surface area contributed by atoms with Crippen molar-refractivity contribution in [1.29, 1.82) is 0 Å². The molecule has 0 saturated carbocycles. The topological polar surface area (TPSA) is 35.2 Å². The fourth-order valence-electron chi connectivity index (χ4n) is 1.78. The molecule has 19 heavy (non-hydrogen) atoms. The lowest BCUT2D eigenvalue weighted by atomic mass is 10.1. The zero-order chi connectivity index (χ0) is 13.5. The molecule has 3 heteroatoms. The summed E-state index contributed by atoms with van der Waals surface area (Å²) in [5.74, 6) is 2.85. The van der Waals surface area contributed by atoms with E-state index in [2.05, 4.69) is 31.2 Å². The zero-order valence-corrected chi connectivity index (χ0v) is 12.0. The zero-order valence-electron chi connectivity index (χ0n) is 11.1. The number of aryl methyl sites for hydroxylation is 1. The van der Waals surface area contributed by atoms with Gasteiger partial charge in [-0.1, -0.05) is 30.3 Å². The second-order valence-corrected chi connectivity index (χ2v) is 5.51. The highest BCUT2D eigenvalue weighted by atomic mass is 32.2. The molecule has 0 aliphatic heterocycles. The molecule has 0 unspecified atom stereocenters. The Kier molecular flexibility index (Phi) is 5.16. The van der Waals surface area contributed by atoms with Crippen molar-refractivity contribution in [3.05, 3.63) is 59.7 Å². The van der Waals surface area contributed by atoms with Crippen molar-refractivity contribution < 1.29 is 4.74 Å². The van der Waals surface area contributed by atoms with Gasteiger partial charge in [0, 0.05) is 23.3 Å². The van der Waals surface area contributed by atoms with Crippen LogP contribution in [0.4, 0.5) is 5.69 Å². The molecular weight excluding hydrogens is 254 g/mol. The minimum Gasteiger partial charge on any atom is -0.493 e. The molecule has 0 atom stereocenters. The molecule has 0 aliphatic rings. The number of nitrogen functional groups attached to an aromatic ring is 1. The third kappa shape index (κ3) is 4.52. The maximum absolute atomic E-state index is 5.70. The SMILES string of the molecule is Cc1ccccc1CSCCOc1cccc(N)c1. The van der Waals surface area contributed by atoms with Gasteiger partial charge in [0.25, 0.3) is 0 Å². The van der Waals surface area contributed by atoms with Crippen LogP contribution < -0.4 is 10.5 Å². The Balaban J connectivity index is 1.69. The number of hydrogen-bond acceptors (Lipinski definition) is 3. The van der Waals surface area contributed by atoms with Crippen molar-refractivity contribution >= 4 is 17.4 Å². The second-order valence-electron chi connectivity index (χ2n) is 4.40. The van der Waals surface area contributed by atoms with Crippen LogP contribution in [0.2, 0.25) is 0 Å². The summed E-state index contributed by atoms with van der Waals surface area (Å²) in [7, 11) is 0. The fourth-order valence-corrected chi connectivity index (χ4v) is 2.67. The predicted molar refractivity (Wildman–Crippen MR) is 83.7 cm³/mol. The van der Waals surface area contributed by atoms with Crippen LogP contribution in [0, 0.1) is 6.92 Å². The van der Waals surface area contributed by atoms with Crippen LogP contribution in [0.1, 0.15) is 11.1 Å². The molecule has 2 rings (SSSR count). The van der Waals surface area contributed by atoms with Gasteiger partial charge in [0.1, 0.15) is 5.75 Å². The Hall–Kier alpha value is -1.61. The second kappa shape index (κ2) is 7.10. The van der Waals surface area contributed by atoms with Gasteiger partial charge in [-0.3, -0.25) is 0 Å². The first kappa shape index (κ1) is 13.8. The summed E-state index contributed by atoms with van der Waals surface area (Å²) in [4.78, 5) is 0. The third-order valence-electron chi connectivity index (χ3n) is 2.87. The standard InChI is InChI=1S/C16H19NOS/c1-13-5-2-3-6-14(13)12-19-10-9-18-16-8-4-7-15(17)11-16/h2-8,11H,9-10,12,17H2,1H3. The summed E-state index contributed by atoms with van der Waals surface area (Å²) in [6.45, 7) is 2.86. The van der Waals surface area contributed by atoms with E-state index in [9.17, 15) is 0 Å². The maximum Gasteiger partial charge on any atom is 0.121 e. The molecule has 0 fully saturated rings. The van der Waals surface area contributed by atoms with Gasteiger partial charge in [-0.05, 0) is 30.2 Å². The van der Waals surface area contributed by atoms with Crippen molar-refractivity contribution in [3.8, 4) is 5.75 Å². The summed E-state index contributed by atoms with van der Waals surface area (Å²) in [6.07, 6.45) is 0. The predicted octanol–water partition coefficient (Wildman–Crippen LogP) is 3.89. The van der Waals surface area contributed by atoms with Gasteiger partial charge in [0.05, 0.1) is 6.61 Å². The van der Waals surface area contributed by atoms with E-state index in [0.29, 0.717) is 6.61 Å². The average molecular weight is 273 g/mol. The van der Waals surface area contributed by atoms with Crippen molar-refractivity contribution in [2.45, 2.75) is 12.7 Å². The van der Waals surface area contributed by atoms with Crippen molar-refractivity contribution in [2.24, 2.45) is 0 Å². The summed E-state index contributed by atoms with van der Waals surface area (Å²) in [5, 5.41) is 0. The summed E-state index contributed by atoms with van der Waals surface area (Å²) in [6, 6.07) is 16.1. The number of ether oxygens (including phenoxy) is 1. The quantitative estimate of drug-likeness (QED) is 0.640. The number of thioether (sulfide) groups is 1. The molecule has 2 aromatic rings. The van der Waals surface area contributed by atoms with Gasteiger partial charge in [0.15, 0.2) is 0 Å². The van der Waals surface area contributed by atoms with Crippen molar-refractivity contribution in [3.63, 3.8) is 0 Å². The van der Waals surface area contributed by atoms with Crippen LogP contribution in [0.15, 0.2) is 48.5 Å². The minimum atomic E-state index is 0.708. The average Bonchev–Trinajstić information content (AvgIpc) is 2.40. The molecule has 0 spiro atoms. The van der Waals surface area contributed by atoms with E-state index in [-0.39, 0.29) is 0 Å². The van der Waals surface area contributed by atoms with Gasteiger partial charge in [-0.25, -0.2) is 0 Å². The Morgan fingerprint density at radius 2 is 1.95 bits per heavy atom. The Bertz CT molecular complexity index is 528. The van der Waals surface area contributed by atoms with Gasteiger partial charge in [-0.2, -0.15) is 11.8 Å². The van der Waals surface area contributed by atoms with E-state index in [1.54, 1.807) is 0 Å². The van der Waals surface area contributed by atoms with E-state index in [1.807, 2.05) is 36.0 Å². The van der Waals surface area contributed by atoms with Crippen molar-refractivity contribution in [1.82, 2.24) is 0 Å². The van der Waals surface area contributed by atoms with Gasteiger partial charge in [-0.15, -0.1) is 0 Å². The molecule has 2 nitrogen and oxygen atoms in total. The minimum absolute atomic E-state index is 0.708. The first-order valence-corrected chi connectivity index (χ1v) is 7.52. The van der Waals surface area contributed by atoms with Crippen LogP contribution in [0.25, 0.3) is 0 Å². The number of rotatable bonds is 6. The summed E-state index contributed by atoms with van der Waals surface area (Å²) in [5.41, 5.74) is 9.19. The number of anilines is 1. The first-order valence-electron chi connectivity index (χ1n) is 6.36. The summed E-state index contributed by atoms with van der Waals surface area (Å²) < 4.78 is 5.65. The Morgan fingerprint density at radius 1 is 1.11 bits per heavy atom. The van der Waals surface area contributed by atoms with E-state index >= 15 is 0 Å². The highest BCUT2D eigenvalue weighted by Crippen LogP contribution is 2.17. The molecule has 100 valence electrons. The van der Waals surface area contributed by atoms with E-state index in [0.717, 1.165) is 22.9 Å². The van der Waals surface area contributed by atoms with Crippen LogP contribution in [0.5, 0.6) is 5.75 Å². The number of benzene rings is 2. The molecule has 0 aliphatic carbocycles. The molecular formula is C16H19NOS. The smallest absolute Gasteiger partial charge is 0.121 e. The molecule has 0 saturated heterocycles. The van der Waals surface area contributed by atoms with E-state index in [4.69, 9.17) is 10.5 Å². The molecule has 0 heterocycles. The normalized spacial score (nSPS) is 10.4. The molecule has 2 N–H and O–H groups in total. The largest absolute Gasteiger partial charge is 0.493 e. The van der Waals surface area contributed by atoms with Crippen LogP contribution in [-0.4, -0.2) is 12.4 Å². The lowest BCUT2D eigenvalue weighted by Gasteiger charge is -2.07.